The first-order valence-electron chi connectivity index (χ1n) is 8.01. The van der Waals surface area contributed by atoms with Gasteiger partial charge in [-0.3, -0.25) is 0 Å². The van der Waals surface area contributed by atoms with E-state index in [0.29, 0.717) is 6.04 Å². The van der Waals surface area contributed by atoms with E-state index < -0.39 is 0 Å². The monoisotopic (exact) mass is 293 g/mol. The van der Waals surface area contributed by atoms with Gasteiger partial charge in [0.1, 0.15) is 5.75 Å². The maximum Gasteiger partial charge on any atom is 0.118 e. The minimum Gasteiger partial charge on any atom is -0.497 e. The summed E-state index contributed by atoms with van der Waals surface area (Å²) >= 11 is 0. The highest BCUT2D eigenvalue weighted by Gasteiger charge is 2.31. The average molecular weight is 293 g/mol. The molecule has 0 spiro atoms. The van der Waals surface area contributed by atoms with E-state index in [1.807, 2.05) is 19.2 Å². The third-order valence-electron chi connectivity index (χ3n) is 4.43. The number of hydrogen-bond acceptors (Lipinski definition) is 3. The van der Waals surface area contributed by atoms with Crippen molar-refractivity contribution in [1.29, 1.82) is 0 Å². The standard InChI is InChI=1S/C18H31NO2/c1-6-14-19-17(18(3,7-2)21-5)13-10-15-8-11-16(20-4)12-9-15/h8-9,11-12,17,19H,6-7,10,13-14H2,1-5H3. The van der Waals surface area contributed by atoms with Crippen LogP contribution in [0.5, 0.6) is 5.75 Å². The Morgan fingerprint density at radius 2 is 1.81 bits per heavy atom. The maximum absolute atomic E-state index is 5.79. The molecule has 0 radical (unpaired) electrons. The number of aryl methyl sites for hydroxylation is 1. The van der Waals surface area contributed by atoms with Crippen molar-refractivity contribution in [2.45, 2.75) is 58.1 Å². The molecule has 0 saturated carbocycles. The first-order chi connectivity index (χ1) is 10.1. The summed E-state index contributed by atoms with van der Waals surface area (Å²) in [5, 5.41) is 3.65. The summed E-state index contributed by atoms with van der Waals surface area (Å²) in [7, 11) is 3.52. The lowest BCUT2D eigenvalue weighted by Gasteiger charge is -2.36. The molecule has 0 fully saturated rings. The summed E-state index contributed by atoms with van der Waals surface area (Å²) in [4.78, 5) is 0. The van der Waals surface area contributed by atoms with Crippen molar-refractivity contribution in [3.05, 3.63) is 29.8 Å². The van der Waals surface area contributed by atoms with Crippen LogP contribution in [0, 0.1) is 0 Å². The number of methoxy groups -OCH3 is 2. The van der Waals surface area contributed by atoms with Crippen LogP contribution in [-0.4, -0.2) is 32.4 Å². The molecule has 2 atom stereocenters. The molecule has 3 nitrogen and oxygen atoms in total. The fraction of sp³-hybridized carbons (Fsp3) is 0.667. The summed E-state index contributed by atoms with van der Waals surface area (Å²) in [6, 6.07) is 8.71. The lowest BCUT2D eigenvalue weighted by atomic mass is 9.88. The predicted molar refractivity (Wildman–Crippen MR) is 89.1 cm³/mol. The largest absolute Gasteiger partial charge is 0.497 e. The molecule has 1 rings (SSSR count). The Labute approximate surface area is 130 Å². The minimum atomic E-state index is -0.109. The van der Waals surface area contributed by atoms with Gasteiger partial charge >= 0.3 is 0 Å². The first kappa shape index (κ1) is 18.0. The second-order valence-corrected chi connectivity index (χ2v) is 5.76. The molecular weight excluding hydrogens is 262 g/mol. The third kappa shape index (κ3) is 5.33. The van der Waals surface area contributed by atoms with E-state index >= 15 is 0 Å². The van der Waals surface area contributed by atoms with Crippen molar-refractivity contribution >= 4 is 0 Å². The molecule has 3 heteroatoms. The molecule has 1 N–H and O–H groups in total. The lowest BCUT2D eigenvalue weighted by molar-refractivity contribution is -0.0309. The zero-order chi connectivity index (χ0) is 15.7. The van der Waals surface area contributed by atoms with Crippen molar-refractivity contribution < 1.29 is 9.47 Å². The van der Waals surface area contributed by atoms with Crippen LogP contribution < -0.4 is 10.1 Å². The van der Waals surface area contributed by atoms with Gasteiger partial charge in [0, 0.05) is 13.2 Å². The Morgan fingerprint density at radius 1 is 1.14 bits per heavy atom. The Kier molecular flexibility index (Phi) is 7.76. The molecular formula is C18H31NO2. The van der Waals surface area contributed by atoms with Crippen molar-refractivity contribution in [3.63, 3.8) is 0 Å². The van der Waals surface area contributed by atoms with Gasteiger partial charge < -0.3 is 14.8 Å². The zero-order valence-electron chi connectivity index (χ0n) is 14.2. The van der Waals surface area contributed by atoms with Crippen molar-refractivity contribution in [2.24, 2.45) is 0 Å². The molecule has 0 heterocycles. The number of benzene rings is 1. The van der Waals surface area contributed by atoms with Crippen molar-refractivity contribution in [2.75, 3.05) is 20.8 Å². The Bertz CT molecular complexity index is 385. The van der Waals surface area contributed by atoms with Gasteiger partial charge in [0.2, 0.25) is 0 Å². The van der Waals surface area contributed by atoms with Crippen LogP contribution >= 0.6 is 0 Å². The first-order valence-corrected chi connectivity index (χ1v) is 8.01. The Balaban J connectivity index is 2.67. The number of ether oxygens (including phenoxy) is 2. The molecule has 0 bridgehead atoms. The van der Waals surface area contributed by atoms with Gasteiger partial charge in [-0.05, 0) is 56.8 Å². The third-order valence-corrected chi connectivity index (χ3v) is 4.43. The van der Waals surface area contributed by atoms with E-state index in [1.54, 1.807) is 7.11 Å². The van der Waals surface area contributed by atoms with Gasteiger partial charge in [-0.25, -0.2) is 0 Å². The molecule has 21 heavy (non-hydrogen) atoms. The van der Waals surface area contributed by atoms with Gasteiger partial charge in [0.05, 0.1) is 12.7 Å². The van der Waals surface area contributed by atoms with Crippen LogP contribution in [0.4, 0.5) is 0 Å². The molecule has 0 aliphatic rings. The quantitative estimate of drug-likeness (QED) is 0.711. The Hall–Kier alpha value is -1.06. The fourth-order valence-corrected chi connectivity index (χ4v) is 2.58. The van der Waals surface area contributed by atoms with Crippen LogP contribution in [0.1, 0.15) is 45.6 Å². The van der Waals surface area contributed by atoms with Crippen LogP contribution in [0.25, 0.3) is 0 Å². The van der Waals surface area contributed by atoms with E-state index in [-0.39, 0.29) is 5.60 Å². The van der Waals surface area contributed by atoms with Crippen LogP contribution in [0.3, 0.4) is 0 Å². The molecule has 1 aromatic carbocycles. The van der Waals surface area contributed by atoms with E-state index in [1.165, 1.54) is 5.56 Å². The normalized spacial score (nSPS) is 15.5. The van der Waals surface area contributed by atoms with Crippen LogP contribution in [0.15, 0.2) is 24.3 Å². The highest BCUT2D eigenvalue weighted by molar-refractivity contribution is 5.27. The van der Waals surface area contributed by atoms with Gasteiger partial charge in [-0.1, -0.05) is 26.0 Å². The second-order valence-electron chi connectivity index (χ2n) is 5.76. The van der Waals surface area contributed by atoms with E-state index in [4.69, 9.17) is 9.47 Å². The lowest BCUT2D eigenvalue weighted by Crippen LogP contribution is -2.50. The van der Waals surface area contributed by atoms with E-state index in [9.17, 15) is 0 Å². The number of nitrogens with one attached hydrogen (secondary N) is 1. The SMILES string of the molecule is CCCNC(CCc1ccc(OC)cc1)C(C)(CC)OC. The summed E-state index contributed by atoms with van der Waals surface area (Å²) in [5.74, 6) is 0.912. The Morgan fingerprint density at radius 3 is 2.29 bits per heavy atom. The zero-order valence-corrected chi connectivity index (χ0v) is 14.2. The number of rotatable bonds is 10. The van der Waals surface area contributed by atoms with Crippen molar-refractivity contribution in [1.82, 2.24) is 5.32 Å². The van der Waals surface area contributed by atoms with Gasteiger partial charge in [0.15, 0.2) is 0 Å². The van der Waals surface area contributed by atoms with Gasteiger partial charge in [-0.15, -0.1) is 0 Å². The smallest absolute Gasteiger partial charge is 0.118 e. The van der Waals surface area contributed by atoms with Crippen molar-refractivity contribution in [3.8, 4) is 5.75 Å². The second kappa shape index (κ2) is 9.06. The summed E-state index contributed by atoms with van der Waals surface area (Å²) < 4.78 is 11.0. The average Bonchev–Trinajstić information content (AvgIpc) is 2.54. The molecule has 0 amide bonds. The van der Waals surface area contributed by atoms with Crippen LogP contribution in [-0.2, 0) is 11.2 Å². The molecule has 120 valence electrons. The molecule has 0 saturated heterocycles. The predicted octanol–water partition coefficient (Wildman–Crippen LogP) is 3.81. The number of hydrogen-bond donors (Lipinski definition) is 1. The molecule has 1 aromatic rings. The van der Waals surface area contributed by atoms with E-state index in [0.717, 1.165) is 38.0 Å². The van der Waals surface area contributed by atoms with E-state index in [2.05, 4.69) is 38.2 Å². The summed E-state index contributed by atoms with van der Waals surface area (Å²) in [6.45, 7) is 7.63. The molecule has 0 aromatic heterocycles. The minimum absolute atomic E-state index is 0.109. The molecule has 0 aliphatic heterocycles. The summed E-state index contributed by atoms with van der Waals surface area (Å²) in [5.41, 5.74) is 1.23. The fourth-order valence-electron chi connectivity index (χ4n) is 2.58. The molecule has 0 aliphatic carbocycles. The molecule has 2 unspecified atom stereocenters. The summed E-state index contributed by atoms with van der Waals surface area (Å²) in [6.07, 6.45) is 4.27. The highest BCUT2D eigenvalue weighted by Crippen LogP contribution is 2.23. The van der Waals surface area contributed by atoms with Crippen LogP contribution in [0.2, 0.25) is 0 Å². The maximum atomic E-state index is 5.79. The topological polar surface area (TPSA) is 30.5 Å². The van der Waals surface area contributed by atoms with Gasteiger partial charge in [0.25, 0.3) is 0 Å². The van der Waals surface area contributed by atoms with Gasteiger partial charge in [-0.2, -0.15) is 0 Å². The highest BCUT2D eigenvalue weighted by atomic mass is 16.5.